The smallest absolute Gasteiger partial charge is 0.400 e. The molecule has 0 unspecified atom stereocenters. The first-order valence-electron chi connectivity index (χ1n) is 6.65. The highest BCUT2D eigenvalue weighted by molar-refractivity contribution is 7.80. The van der Waals surface area contributed by atoms with E-state index < -0.39 is 18.3 Å². The van der Waals surface area contributed by atoms with Crippen molar-refractivity contribution in [3.63, 3.8) is 0 Å². The summed E-state index contributed by atoms with van der Waals surface area (Å²) in [6.45, 7) is 7.79. The zero-order valence-corrected chi connectivity index (χ0v) is 13.4. The van der Waals surface area contributed by atoms with Gasteiger partial charge in [0.1, 0.15) is 0 Å². The Balaban J connectivity index is 2.37. The Kier molecular flexibility index (Phi) is 4.23. The van der Waals surface area contributed by atoms with Gasteiger partial charge in [0.2, 0.25) is 0 Å². The highest BCUT2D eigenvalue weighted by Gasteiger charge is 2.52. The molecule has 1 saturated heterocycles. The van der Waals surface area contributed by atoms with Crippen LogP contribution in [0.1, 0.15) is 33.3 Å². The molecule has 0 aromatic carbocycles. The first kappa shape index (κ1) is 16.1. The van der Waals surface area contributed by atoms with Gasteiger partial charge in [0, 0.05) is 17.4 Å². The maximum Gasteiger partial charge on any atom is 0.491 e. The van der Waals surface area contributed by atoms with Crippen molar-refractivity contribution in [2.45, 2.75) is 38.9 Å². The standard InChI is InChI=1S/C13H19BN2O4S/c1-12(2)13(3,4)20-14(19-12)9(7-21)5-8-6-10(17)15-16-11(8)18/h5-6,21H,7H2,1-4H3,(H,15,17)(H,16,18). The number of H-pyrrole nitrogens is 2. The van der Waals surface area contributed by atoms with E-state index in [1.54, 1.807) is 6.08 Å². The summed E-state index contributed by atoms with van der Waals surface area (Å²) >= 11 is 4.27. The van der Waals surface area contributed by atoms with Crippen molar-refractivity contribution in [2.75, 3.05) is 5.75 Å². The van der Waals surface area contributed by atoms with Crippen molar-refractivity contribution in [3.05, 3.63) is 37.8 Å². The van der Waals surface area contributed by atoms with Crippen LogP contribution in [-0.4, -0.2) is 34.3 Å². The minimum atomic E-state index is -0.591. The lowest BCUT2D eigenvalue weighted by atomic mass is 9.78. The van der Waals surface area contributed by atoms with Gasteiger partial charge >= 0.3 is 7.12 Å². The average molecular weight is 310 g/mol. The number of aromatic nitrogens is 2. The molecule has 0 aliphatic carbocycles. The van der Waals surface area contributed by atoms with Crippen LogP contribution in [0, 0.1) is 0 Å². The molecule has 1 aromatic rings. The molecule has 1 aromatic heterocycles. The van der Waals surface area contributed by atoms with Gasteiger partial charge in [0.25, 0.3) is 11.1 Å². The van der Waals surface area contributed by atoms with Crippen LogP contribution in [0.2, 0.25) is 0 Å². The van der Waals surface area contributed by atoms with Crippen molar-refractivity contribution in [3.8, 4) is 0 Å². The lowest BCUT2D eigenvalue weighted by Gasteiger charge is -2.32. The highest BCUT2D eigenvalue weighted by Crippen LogP contribution is 2.38. The molecule has 2 N–H and O–H groups in total. The Hall–Kier alpha value is -1.25. The summed E-state index contributed by atoms with van der Waals surface area (Å²) in [7, 11) is -0.591. The van der Waals surface area contributed by atoms with Crippen LogP contribution in [0.4, 0.5) is 0 Å². The van der Waals surface area contributed by atoms with E-state index in [4.69, 9.17) is 9.31 Å². The molecule has 0 atom stereocenters. The van der Waals surface area contributed by atoms with Crippen LogP contribution >= 0.6 is 12.6 Å². The van der Waals surface area contributed by atoms with Crippen LogP contribution in [0.3, 0.4) is 0 Å². The molecule has 0 amide bonds. The van der Waals surface area contributed by atoms with E-state index in [0.29, 0.717) is 11.2 Å². The summed E-state index contributed by atoms with van der Waals surface area (Å²) in [4.78, 5) is 23.0. The van der Waals surface area contributed by atoms with Gasteiger partial charge in [-0.2, -0.15) is 12.6 Å². The predicted octanol–water partition coefficient (Wildman–Crippen LogP) is 1.01. The van der Waals surface area contributed by atoms with Gasteiger partial charge in [0.15, 0.2) is 0 Å². The lowest BCUT2D eigenvalue weighted by Crippen LogP contribution is -2.41. The van der Waals surface area contributed by atoms with Crippen LogP contribution in [-0.2, 0) is 9.31 Å². The third-order valence-electron chi connectivity index (χ3n) is 3.93. The molecule has 8 heteroatoms. The summed E-state index contributed by atoms with van der Waals surface area (Å²) in [5.74, 6) is 0.350. The van der Waals surface area contributed by atoms with Crippen LogP contribution in [0.25, 0.3) is 6.08 Å². The largest absolute Gasteiger partial charge is 0.491 e. The number of rotatable bonds is 3. The van der Waals surface area contributed by atoms with Gasteiger partial charge in [0.05, 0.1) is 11.2 Å². The summed E-state index contributed by atoms with van der Waals surface area (Å²) in [5.41, 5.74) is -0.773. The van der Waals surface area contributed by atoms with Gasteiger partial charge < -0.3 is 9.31 Å². The molecular formula is C13H19BN2O4S. The Morgan fingerprint density at radius 2 is 1.81 bits per heavy atom. The fraction of sp³-hybridized carbons (Fsp3) is 0.538. The van der Waals surface area contributed by atoms with Crippen molar-refractivity contribution in [1.82, 2.24) is 10.2 Å². The minimum absolute atomic E-state index is 0.248. The second kappa shape index (κ2) is 5.51. The quantitative estimate of drug-likeness (QED) is 0.574. The topological polar surface area (TPSA) is 84.2 Å². The second-order valence-corrected chi connectivity index (χ2v) is 6.32. The van der Waals surface area contributed by atoms with Gasteiger partial charge in [-0.15, -0.1) is 0 Å². The van der Waals surface area contributed by atoms with Gasteiger partial charge in [-0.05, 0) is 33.2 Å². The molecule has 0 saturated carbocycles. The molecule has 0 spiro atoms. The normalized spacial score (nSPS) is 20.8. The Morgan fingerprint density at radius 1 is 1.24 bits per heavy atom. The van der Waals surface area contributed by atoms with Gasteiger partial charge in [-0.3, -0.25) is 19.8 Å². The fourth-order valence-electron chi connectivity index (χ4n) is 1.92. The third kappa shape index (κ3) is 3.17. The Bertz CT molecular complexity index is 661. The second-order valence-electron chi connectivity index (χ2n) is 6.01. The summed E-state index contributed by atoms with van der Waals surface area (Å²) in [6, 6.07) is 1.23. The summed E-state index contributed by atoms with van der Waals surface area (Å²) in [5, 5.41) is 4.50. The van der Waals surface area contributed by atoms with E-state index in [2.05, 4.69) is 22.8 Å². The van der Waals surface area contributed by atoms with E-state index >= 15 is 0 Å². The van der Waals surface area contributed by atoms with Crippen LogP contribution < -0.4 is 11.1 Å². The zero-order chi connectivity index (χ0) is 15.8. The first-order chi connectivity index (χ1) is 9.66. The Labute approximate surface area is 128 Å². The van der Waals surface area contributed by atoms with Gasteiger partial charge in [-0.1, -0.05) is 6.08 Å². The fourth-order valence-corrected chi connectivity index (χ4v) is 2.16. The minimum Gasteiger partial charge on any atom is -0.400 e. The summed E-state index contributed by atoms with van der Waals surface area (Å²) < 4.78 is 11.8. The average Bonchev–Trinajstić information content (AvgIpc) is 2.59. The van der Waals surface area contributed by atoms with E-state index in [1.807, 2.05) is 27.7 Å². The number of aromatic amines is 2. The Morgan fingerprint density at radius 3 is 2.33 bits per heavy atom. The van der Waals surface area contributed by atoms with Gasteiger partial charge in [-0.25, -0.2) is 0 Å². The number of hydrogen-bond donors (Lipinski definition) is 3. The molecule has 114 valence electrons. The van der Waals surface area contributed by atoms with E-state index in [9.17, 15) is 9.59 Å². The molecule has 1 aliphatic rings. The molecule has 2 rings (SSSR count). The molecular weight excluding hydrogens is 291 g/mol. The molecule has 21 heavy (non-hydrogen) atoms. The van der Waals surface area contributed by atoms with E-state index in [0.717, 1.165) is 0 Å². The lowest BCUT2D eigenvalue weighted by molar-refractivity contribution is 0.00578. The third-order valence-corrected chi connectivity index (χ3v) is 4.29. The van der Waals surface area contributed by atoms with E-state index in [-0.39, 0.29) is 16.7 Å². The molecule has 1 aliphatic heterocycles. The molecule has 0 bridgehead atoms. The van der Waals surface area contributed by atoms with Crippen molar-refractivity contribution < 1.29 is 9.31 Å². The van der Waals surface area contributed by atoms with Crippen LogP contribution in [0.15, 0.2) is 21.1 Å². The maximum atomic E-state index is 11.7. The number of nitrogens with one attached hydrogen (secondary N) is 2. The molecule has 2 heterocycles. The van der Waals surface area contributed by atoms with Crippen molar-refractivity contribution in [1.29, 1.82) is 0 Å². The highest BCUT2D eigenvalue weighted by atomic mass is 32.1. The molecule has 1 fully saturated rings. The van der Waals surface area contributed by atoms with Crippen LogP contribution in [0.5, 0.6) is 0 Å². The molecule has 6 nitrogen and oxygen atoms in total. The SMILES string of the molecule is CC1(C)OB(C(=Cc2cc(=O)[nH][nH]c2=O)CS)OC1(C)C. The zero-order valence-electron chi connectivity index (χ0n) is 12.5. The first-order valence-corrected chi connectivity index (χ1v) is 7.28. The maximum absolute atomic E-state index is 11.7. The number of hydrogen-bond acceptors (Lipinski definition) is 5. The monoisotopic (exact) mass is 310 g/mol. The molecule has 0 radical (unpaired) electrons. The van der Waals surface area contributed by atoms with Crippen molar-refractivity contribution >= 4 is 25.8 Å². The number of thiol groups is 1. The van der Waals surface area contributed by atoms with E-state index in [1.165, 1.54) is 6.07 Å². The predicted molar refractivity (Wildman–Crippen MR) is 85.6 cm³/mol. The van der Waals surface area contributed by atoms with Crippen molar-refractivity contribution in [2.24, 2.45) is 0 Å². The summed E-state index contributed by atoms with van der Waals surface area (Å²) in [6.07, 6.45) is 1.59.